The van der Waals surface area contributed by atoms with Crippen molar-refractivity contribution < 1.29 is 17.9 Å². The van der Waals surface area contributed by atoms with Gasteiger partial charge in [-0.15, -0.1) is 11.3 Å². The van der Waals surface area contributed by atoms with Crippen LogP contribution in [0.1, 0.15) is 71.3 Å². The Morgan fingerprint density at radius 3 is 2.54 bits per heavy atom. The minimum Gasteiger partial charge on any atom is -0.488 e. The molecule has 1 unspecified atom stereocenters. The Bertz CT molecular complexity index is 1330. The van der Waals surface area contributed by atoms with Gasteiger partial charge in [-0.05, 0) is 67.1 Å². The van der Waals surface area contributed by atoms with Crippen molar-refractivity contribution in [1.29, 1.82) is 0 Å². The van der Waals surface area contributed by atoms with Crippen LogP contribution in [-0.2, 0) is 16.6 Å². The fourth-order valence-electron chi connectivity index (χ4n) is 4.64. The van der Waals surface area contributed by atoms with E-state index in [0.29, 0.717) is 24.6 Å². The second-order valence-electron chi connectivity index (χ2n) is 9.56. The van der Waals surface area contributed by atoms with E-state index in [1.807, 2.05) is 26.0 Å². The van der Waals surface area contributed by atoms with E-state index >= 15 is 0 Å². The molecule has 35 heavy (non-hydrogen) atoms. The fourth-order valence-corrected chi connectivity index (χ4v) is 7.41. The van der Waals surface area contributed by atoms with Gasteiger partial charge in [0.05, 0.1) is 11.4 Å². The highest BCUT2D eigenvalue weighted by Gasteiger charge is 2.34. The number of rotatable bonds is 7. The molecule has 2 heterocycles. The van der Waals surface area contributed by atoms with Gasteiger partial charge in [0.1, 0.15) is 16.7 Å². The molecule has 1 aromatic heterocycles. The number of carbonyl (C=O) groups is 1. The molecule has 3 aromatic rings. The molecule has 0 saturated heterocycles. The van der Waals surface area contributed by atoms with Crippen LogP contribution in [0.25, 0.3) is 0 Å². The number of hydrogen-bond acceptors (Lipinski definition) is 5. The standard InChI is InChI=1S/C28H33NO4S2/c1-6-23-17-29(35(31,32)27-10-8-7-9-24(27)33-23)16-22-15-21(12-11-19(22)4)28(18(2)3)26-14-13-25(34-26)20(5)30/h7-15,18,23,28H,6,16-17H2,1-5H3/t23-,28?/m1/s1. The van der Waals surface area contributed by atoms with E-state index in [1.54, 1.807) is 46.8 Å². The van der Waals surface area contributed by atoms with Crippen LogP contribution in [0, 0.1) is 12.8 Å². The average molecular weight is 512 g/mol. The predicted octanol–water partition coefficient (Wildman–Crippen LogP) is 6.41. The molecular formula is C28H33NO4S2. The summed E-state index contributed by atoms with van der Waals surface area (Å²) in [6, 6.07) is 17.2. The largest absolute Gasteiger partial charge is 0.488 e. The molecule has 4 rings (SSSR count). The smallest absolute Gasteiger partial charge is 0.247 e. The maximum atomic E-state index is 13.6. The predicted molar refractivity (Wildman–Crippen MR) is 141 cm³/mol. The van der Waals surface area contributed by atoms with Gasteiger partial charge >= 0.3 is 0 Å². The second kappa shape index (κ2) is 10.2. The van der Waals surface area contributed by atoms with E-state index in [-0.39, 0.29) is 29.2 Å². The van der Waals surface area contributed by atoms with Crippen LogP contribution in [0.4, 0.5) is 0 Å². The Kier molecular flexibility index (Phi) is 7.50. The summed E-state index contributed by atoms with van der Waals surface area (Å²) in [7, 11) is -3.71. The lowest BCUT2D eigenvalue weighted by atomic mass is 9.85. The van der Waals surface area contributed by atoms with Crippen LogP contribution in [0.2, 0.25) is 0 Å². The van der Waals surface area contributed by atoms with E-state index in [4.69, 9.17) is 4.74 Å². The Morgan fingerprint density at radius 2 is 1.89 bits per heavy atom. The van der Waals surface area contributed by atoms with E-state index in [0.717, 1.165) is 26.4 Å². The third-order valence-electron chi connectivity index (χ3n) is 6.65. The van der Waals surface area contributed by atoms with Gasteiger partial charge in [0.2, 0.25) is 10.0 Å². The van der Waals surface area contributed by atoms with Crippen molar-refractivity contribution in [3.05, 3.63) is 81.0 Å². The van der Waals surface area contributed by atoms with Crippen molar-refractivity contribution >= 4 is 27.1 Å². The van der Waals surface area contributed by atoms with E-state index in [9.17, 15) is 13.2 Å². The summed E-state index contributed by atoms with van der Waals surface area (Å²) in [5.41, 5.74) is 3.16. The van der Waals surface area contributed by atoms with E-state index in [2.05, 4.69) is 32.0 Å². The summed E-state index contributed by atoms with van der Waals surface area (Å²) >= 11 is 1.54. The first-order valence-corrected chi connectivity index (χ1v) is 14.3. The maximum Gasteiger partial charge on any atom is 0.247 e. The normalized spacial score (nSPS) is 18.5. The molecule has 0 fully saturated rings. The molecule has 2 atom stereocenters. The molecule has 0 saturated carbocycles. The second-order valence-corrected chi connectivity index (χ2v) is 12.6. The van der Waals surface area contributed by atoms with Crippen molar-refractivity contribution in [2.24, 2.45) is 5.92 Å². The minimum atomic E-state index is -3.71. The van der Waals surface area contributed by atoms with E-state index in [1.165, 1.54) is 0 Å². The Labute approximate surface area is 212 Å². The van der Waals surface area contributed by atoms with E-state index < -0.39 is 10.0 Å². The van der Waals surface area contributed by atoms with Crippen LogP contribution in [0.5, 0.6) is 5.75 Å². The number of Topliss-reactive ketones (excluding diaryl/α,β-unsaturated/α-hetero) is 1. The number of thiophene rings is 1. The summed E-state index contributed by atoms with van der Waals surface area (Å²) in [5, 5.41) is 0. The van der Waals surface area contributed by atoms with Gasteiger partial charge in [-0.25, -0.2) is 8.42 Å². The SMILES string of the molecule is CC[C@@H]1CN(Cc2cc(C(c3ccc(C(C)=O)s3)C(C)C)ccc2C)S(=O)(=O)c2ccccc2O1. The number of benzene rings is 2. The van der Waals surface area contributed by atoms with Crippen LogP contribution < -0.4 is 4.74 Å². The molecule has 1 aliphatic rings. The number of nitrogens with zero attached hydrogens (tertiary/aromatic N) is 1. The summed E-state index contributed by atoms with van der Waals surface area (Å²) in [6.07, 6.45) is 0.502. The number of fused-ring (bicyclic) bond motifs is 1. The molecule has 7 heteroatoms. The highest BCUT2D eigenvalue weighted by atomic mass is 32.2. The highest BCUT2D eigenvalue weighted by molar-refractivity contribution is 7.89. The van der Waals surface area contributed by atoms with Gasteiger partial charge in [-0.2, -0.15) is 4.31 Å². The number of ketones is 1. The lowest BCUT2D eigenvalue weighted by Gasteiger charge is -2.25. The zero-order chi connectivity index (χ0) is 25.3. The quantitative estimate of drug-likeness (QED) is 0.344. The Morgan fingerprint density at radius 1 is 1.14 bits per heavy atom. The van der Waals surface area contributed by atoms with Crippen molar-refractivity contribution in [3.63, 3.8) is 0 Å². The zero-order valence-corrected chi connectivity index (χ0v) is 22.6. The fraction of sp³-hybridized carbons (Fsp3) is 0.393. The van der Waals surface area contributed by atoms with Crippen molar-refractivity contribution in [1.82, 2.24) is 4.31 Å². The molecule has 1 aliphatic heterocycles. The topological polar surface area (TPSA) is 63.7 Å². The van der Waals surface area contributed by atoms with Gasteiger partial charge < -0.3 is 4.74 Å². The van der Waals surface area contributed by atoms with Crippen LogP contribution in [-0.4, -0.2) is 31.2 Å². The lowest BCUT2D eigenvalue weighted by Crippen LogP contribution is -2.36. The highest BCUT2D eigenvalue weighted by Crippen LogP contribution is 2.38. The molecule has 0 aliphatic carbocycles. The van der Waals surface area contributed by atoms with Gasteiger partial charge in [0, 0.05) is 17.3 Å². The first-order chi connectivity index (χ1) is 16.6. The third kappa shape index (κ3) is 5.22. The third-order valence-corrected chi connectivity index (χ3v) is 9.77. The summed E-state index contributed by atoms with van der Waals surface area (Å²) in [5.74, 6) is 0.940. The van der Waals surface area contributed by atoms with Crippen molar-refractivity contribution in [2.75, 3.05) is 6.54 Å². The number of ether oxygens (including phenoxy) is 1. The number of hydrogen-bond donors (Lipinski definition) is 0. The Balaban J connectivity index is 1.72. The molecule has 186 valence electrons. The number of para-hydroxylation sites is 1. The molecule has 0 bridgehead atoms. The monoisotopic (exact) mass is 511 g/mol. The molecular weight excluding hydrogens is 478 g/mol. The molecule has 0 amide bonds. The Hall–Kier alpha value is -2.48. The number of carbonyl (C=O) groups excluding carboxylic acids is 1. The van der Waals surface area contributed by atoms with Gasteiger partial charge in [0.15, 0.2) is 5.78 Å². The van der Waals surface area contributed by atoms with Crippen LogP contribution in [0.3, 0.4) is 0 Å². The molecule has 0 radical (unpaired) electrons. The maximum absolute atomic E-state index is 13.6. The van der Waals surface area contributed by atoms with Gasteiger partial charge in [0.25, 0.3) is 0 Å². The minimum absolute atomic E-state index is 0.0766. The first-order valence-electron chi connectivity index (χ1n) is 12.1. The number of aryl methyl sites for hydroxylation is 1. The van der Waals surface area contributed by atoms with Gasteiger partial charge in [-0.3, -0.25) is 4.79 Å². The molecule has 0 spiro atoms. The summed E-state index contributed by atoms with van der Waals surface area (Å²) in [6.45, 7) is 10.6. The number of sulfonamides is 1. The van der Waals surface area contributed by atoms with Crippen molar-refractivity contribution in [2.45, 2.75) is 64.5 Å². The van der Waals surface area contributed by atoms with Crippen molar-refractivity contribution in [3.8, 4) is 5.75 Å². The molecule has 2 aromatic carbocycles. The van der Waals surface area contributed by atoms with Gasteiger partial charge in [-0.1, -0.05) is 51.1 Å². The average Bonchev–Trinajstić information content (AvgIpc) is 3.26. The summed E-state index contributed by atoms with van der Waals surface area (Å²) in [4.78, 5) is 14.0. The molecule has 0 N–H and O–H groups in total. The summed E-state index contributed by atoms with van der Waals surface area (Å²) < 4.78 is 34.9. The van der Waals surface area contributed by atoms with Crippen LogP contribution >= 0.6 is 11.3 Å². The lowest BCUT2D eigenvalue weighted by molar-refractivity contribution is 0.102. The first kappa shape index (κ1) is 25.6. The molecule has 5 nitrogen and oxygen atoms in total. The zero-order valence-electron chi connectivity index (χ0n) is 20.9. The van der Waals surface area contributed by atoms with Crippen LogP contribution in [0.15, 0.2) is 59.5 Å².